The van der Waals surface area contributed by atoms with E-state index in [0.29, 0.717) is 0 Å². The second kappa shape index (κ2) is 4.06. The largest absolute Gasteiger partial charge is 0.345 e. The van der Waals surface area contributed by atoms with Crippen LogP contribution in [0.5, 0.6) is 0 Å². The number of benzene rings is 1. The molecule has 1 aliphatic carbocycles. The standard InChI is InChI=1S/C15H13NO/c17-15-10-13(11-6-2-1-3-7-11)12-8-4-5-9-14(12)16-15/h1-10,12,14H,(H,16,17). The van der Waals surface area contributed by atoms with Crippen molar-refractivity contribution in [2.45, 2.75) is 6.04 Å². The van der Waals surface area contributed by atoms with Gasteiger partial charge in [0.25, 0.3) is 0 Å². The Balaban J connectivity index is 2.05. The highest BCUT2D eigenvalue weighted by molar-refractivity contribution is 5.98. The van der Waals surface area contributed by atoms with Crippen molar-refractivity contribution in [2.75, 3.05) is 0 Å². The van der Waals surface area contributed by atoms with Crippen LogP contribution < -0.4 is 5.32 Å². The molecule has 3 rings (SSSR count). The van der Waals surface area contributed by atoms with Gasteiger partial charge in [0.1, 0.15) is 0 Å². The van der Waals surface area contributed by atoms with Gasteiger partial charge in [0.15, 0.2) is 0 Å². The van der Waals surface area contributed by atoms with Crippen LogP contribution in [-0.4, -0.2) is 11.9 Å². The molecule has 2 heteroatoms. The van der Waals surface area contributed by atoms with E-state index in [2.05, 4.69) is 11.4 Å². The van der Waals surface area contributed by atoms with Gasteiger partial charge in [0, 0.05) is 12.0 Å². The number of carbonyl (C=O) groups excluding carboxylic acids is 1. The average Bonchev–Trinajstić information content (AvgIpc) is 2.39. The average molecular weight is 223 g/mol. The highest BCUT2D eigenvalue weighted by Gasteiger charge is 2.28. The minimum absolute atomic E-state index is 0.00921. The van der Waals surface area contributed by atoms with E-state index in [9.17, 15) is 4.79 Å². The summed E-state index contributed by atoms with van der Waals surface area (Å²) in [7, 11) is 0. The molecule has 1 N–H and O–H groups in total. The first-order chi connectivity index (χ1) is 8.34. The van der Waals surface area contributed by atoms with E-state index in [1.54, 1.807) is 6.08 Å². The molecule has 2 unspecified atom stereocenters. The molecule has 0 bridgehead atoms. The maximum absolute atomic E-state index is 11.7. The minimum Gasteiger partial charge on any atom is -0.345 e. The van der Waals surface area contributed by atoms with Crippen LogP contribution in [0.25, 0.3) is 5.57 Å². The van der Waals surface area contributed by atoms with Crippen LogP contribution in [0.15, 0.2) is 60.7 Å². The Morgan fingerprint density at radius 3 is 2.59 bits per heavy atom. The molecule has 0 aromatic heterocycles. The fourth-order valence-corrected chi connectivity index (χ4v) is 2.39. The summed E-state index contributed by atoms with van der Waals surface area (Å²) in [5.74, 6) is 0.241. The summed E-state index contributed by atoms with van der Waals surface area (Å²) in [6.45, 7) is 0. The van der Waals surface area contributed by atoms with Crippen molar-refractivity contribution in [1.82, 2.24) is 5.32 Å². The molecule has 2 atom stereocenters. The predicted molar refractivity (Wildman–Crippen MR) is 68.1 cm³/mol. The first-order valence-electron chi connectivity index (χ1n) is 5.77. The van der Waals surface area contributed by atoms with Gasteiger partial charge in [-0.05, 0) is 11.1 Å². The third-order valence-electron chi connectivity index (χ3n) is 3.20. The normalized spacial score (nSPS) is 26.1. The molecule has 1 aromatic carbocycles. The second-order valence-corrected chi connectivity index (χ2v) is 4.30. The van der Waals surface area contributed by atoms with E-state index in [0.717, 1.165) is 11.1 Å². The lowest BCUT2D eigenvalue weighted by molar-refractivity contribution is -0.117. The van der Waals surface area contributed by atoms with E-state index in [-0.39, 0.29) is 17.9 Å². The summed E-state index contributed by atoms with van der Waals surface area (Å²) in [6, 6.07) is 10.2. The van der Waals surface area contributed by atoms with E-state index >= 15 is 0 Å². The van der Waals surface area contributed by atoms with Crippen LogP contribution in [0.3, 0.4) is 0 Å². The van der Waals surface area contributed by atoms with Gasteiger partial charge in [-0.25, -0.2) is 0 Å². The Morgan fingerprint density at radius 2 is 1.76 bits per heavy atom. The summed E-state index contributed by atoms with van der Waals surface area (Å²) < 4.78 is 0. The topological polar surface area (TPSA) is 29.1 Å². The molecule has 2 aliphatic rings. The van der Waals surface area contributed by atoms with Gasteiger partial charge in [0.05, 0.1) is 6.04 Å². The second-order valence-electron chi connectivity index (χ2n) is 4.30. The third kappa shape index (κ3) is 1.82. The van der Waals surface area contributed by atoms with Crippen LogP contribution >= 0.6 is 0 Å². The molecule has 0 saturated heterocycles. The smallest absolute Gasteiger partial charge is 0.244 e. The van der Waals surface area contributed by atoms with Gasteiger partial charge in [-0.2, -0.15) is 0 Å². The molecule has 84 valence electrons. The lowest BCUT2D eigenvalue weighted by Gasteiger charge is -2.31. The van der Waals surface area contributed by atoms with Crippen LogP contribution in [-0.2, 0) is 4.79 Å². The quantitative estimate of drug-likeness (QED) is 0.777. The zero-order chi connectivity index (χ0) is 11.7. The molecule has 1 aromatic rings. The minimum atomic E-state index is -0.00921. The third-order valence-corrected chi connectivity index (χ3v) is 3.20. The number of fused-ring (bicyclic) bond motifs is 1. The molecule has 1 amide bonds. The van der Waals surface area contributed by atoms with E-state index in [1.165, 1.54) is 0 Å². The van der Waals surface area contributed by atoms with Gasteiger partial charge in [-0.3, -0.25) is 4.79 Å². The van der Waals surface area contributed by atoms with E-state index in [4.69, 9.17) is 0 Å². The summed E-state index contributed by atoms with van der Waals surface area (Å²) >= 11 is 0. The van der Waals surface area contributed by atoms with Gasteiger partial charge in [-0.15, -0.1) is 0 Å². The Kier molecular flexibility index (Phi) is 2.41. The van der Waals surface area contributed by atoms with Crippen LogP contribution in [0, 0.1) is 5.92 Å². The summed E-state index contributed by atoms with van der Waals surface area (Å²) in [5, 5.41) is 2.96. The van der Waals surface area contributed by atoms with Crippen molar-refractivity contribution in [1.29, 1.82) is 0 Å². The van der Waals surface area contributed by atoms with Crippen molar-refractivity contribution in [3.63, 3.8) is 0 Å². The molecule has 1 aliphatic heterocycles. The highest BCUT2D eigenvalue weighted by atomic mass is 16.1. The Morgan fingerprint density at radius 1 is 1.00 bits per heavy atom. The molecule has 0 saturated carbocycles. The van der Waals surface area contributed by atoms with E-state index < -0.39 is 0 Å². The Hall–Kier alpha value is -2.09. The number of hydrogen-bond acceptors (Lipinski definition) is 1. The number of carbonyl (C=O) groups is 1. The molecular formula is C15H13NO. The van der Waals surface area contributed by atoms with Crippen molar-refractivity contribution in [2.24, 2.45) is 5.92 Å². The van der Waals surface area contributed by atoms with Crippen LogP contribution in [0.1, 0.15) is 5.56 Å². The van der Waals surface area contributed by atoms with Gasteiger partial charge < -0.3 is 5.32 Å². The summed E-state index contributed by atoms with van der Waals surface area (Å²) in [4.78, 5) is 11.7. The Labute approximate surface area is 100 Å². The zero-order valence-electron chi connectivity index (χ0n) is 9.34. The summed E-state index contributed by atoms with van der Waals surface area (Å²) in [6.07, 6.45) is 9.91. The van der Waals surface area contributed by atoms with Crippen LogP contribution in [0.2, 0.25) is 0 Å². The predicted octanol–water partition coefficient (Wildman–Crippen LogP) is 2.31. The van der Waals surface area contributed by atoms with E-state index in [1.807, 2.05) is 48.6 Å². The molecule has 0 radical (unpaired) electrons. The summed E-state index contributed by atoms with van der Waals surface area (Å²) in [5.41, 5.74) is 2.22. The zero-order valence-corrected chi connectivity index (χ0v) is 9.34. The lowest BCUT2D eigenvalue weighted by atomic mass is 9.82. The highest BCUT2D eigenvalue weighted by Crippen LogP contribution is 2.31. The van der Waals surface area contributed by atoms with Crippen molar-refractivity contribution < 1.29 is 4.79 Å². The first kappa shape index (κ1) is 10.1. The van der Waals surface area contributed by atoms with Gasteiger partial charge in [0.2, 0.25) is 5.91 Å². The van der Waals surface area contributed by atoms with Gasteiger partial charge in [-0.1, -0.05) is 54.6 Å². The SMILES string of the molecule is O=C1C=C(c2ccccc2)C2C=CC=CC2N1. The van der Waals surface area contributed by atoms with Gasteiger partial charge >= 0.3 is 0 Å². The molecule has 2 nitrogen and oxygen atoms in total. The molecule has 0 spiro atoms. The van der Waals surface area contributed by atoms with Crippen molar-refractivity contribution in [3.8, 4) is 0 Å². The maximum atomic E-state index is 11.7. The number of allylic oxidation sites excluding steroid dienone is 2. The molecule has 1 heterocycles. The lowest BCUT2D eigenvalue weighted by Crippen LogP contribution is -2.42. The fraction of sp³-hybridized carbons (Fsp3) is 0.133. The van der Waals surface area contributed by atoms with Crippen LogP contribution in [0.4, 0.5) is 0 Å². The molecule has 17 heavy (non-hydrogen) atoms. The number of nitrogens with one attached hydrogen (secondary N) is 1. The number of amides is 1. The molecular weight excluding hydrogens is 210 g/mol. The Bertz CT molecular complexity index is 525. The first-order valence-corrected chi connectivity index (χ1v) is 5.77. The van der Waals surface area contributed by atoms with Crippen molar-refractivity contribution in [3.05, 3.63) is 66.3 Å². The number of rotatable bonds is 1. The number of hydrogen-bond donors (Lipinski definition) is 1. The maximum Gasteiger partial charge on any atom is 0.244 e. The molecule has 0 fully saturated rings. The van der Waals surface area contributed by atoms with Crippen molar-refractivity contribution >= 4 is 11.5 Å². The fourth-order valence-electron chi connectivity index (χ4n) is 2.39. The monoisotopic (exact) mass is 223 g/mol.